The summed E-state index contributed by atoms with van der Waals surface area (Å²) in [5.41, 5.74) is 4.97. The van der Waals surface area contributed by atoms with Crippen molar-refractivity contribution in [3.05, 3.63) is 72.1 Å². The van der Waals surface area contributed by atoms with Crippen LogP contribution in [-0.2, 0) is 9.84 Å². The highest BCUT2D eigenvalue weighted by Crippen LogP contribution is 2.39. The summed E-state index contributed by atoms with van der Waals surface area (Å²) >= 11 is 1.46. The molecular weight excluding hydrogens is 440 g/mol. The van der Waals surface area contributed by atoms with Crippen molar-refractivity contribution in [2.75, 3.05) is 11.6 Å². The zero-order valence-corrected chi connectivity index (χ0v) is 18.9. The number of benzene rings is 2. The molecule has 6 nitrogen and oxygen atoms in total. The number of rotatable bonds is 4. The van der Waals surface area contributed by atoms with Gasteiger partial charge in [0.05, 0.1) is 16.1 Å². The van der Waals surface area contributed by atoms with E-state index >= 15 is 0 Å². The molecule has 5 aromatic rings. The number of nitrogens with one attached hydrogen (secondary N) is 2. The Labute approximate surface area is 189 Å². The zero-order valence-electron chi connectivity index (χ0n) is 17.3. The van der Waals surface area contributed by atoms with Crippen LogP contribution in [0, 0.1) is 18.3 Å². The second-order valence-electron chi connectivity index (χ2n) is 7.59. The molecule has 8 heteroatoms. The van der Waals surface area contributed by atoms with Crippen molar-refractivity contribution < 1.29 is 8.42 Å². The highest BCUT2D eigenvalue weighted by atomic mass is 32.2. The van der Waals surface area contributed by atoms with Crippen LogP contribution in [-0.4, -0.2) is 24.6 Å². The van der Waals surface area contributed by atoms with Crippen LogP contribution in [0.4, 0.5) is 11.4 Å². The molecule has 0 aliphatic rings. The number of fused-ring (bicyclic) bond motifs is 2. The highest BCUT2D eigenvalue weighted by molar-refractivity contribution is 7.90. The molecule has 0 spiro atoms. The lowest BCUT2D eigenvalue weighted by Crippen LogP contribution is -1.97. The number of H-pyrrole nitrogens is 1. The second-order valence-corrected chi connectivity index (χ2v) is 10.6. The summed E-state index contributed by atoms with van der Waals surface area (Å²) in [6, 6.07) is 17.1. The predicted molar refractivity (Wildman–Crippen MR) is 129 cm³/mol. The molecule has 0 amide bonds. The third-order valence-electron chi connectivity index (χ3n) is 5.49. The van der Waals surface area contributed by atoms with Crippen LogP contribution in [0.1, 0.15) is 11.1 Å². The minimum atomic E-state index is -3.31. The standard InChI is InChI=1S/C24H18N4O2S2/c1-14-18-8-9-26-21(18)7-6-20(14)28-23-16(12-25)13-27-24-19(23)11-22(31-24)15-4-3-5-17(10-15)32(2,29)30/h3-11,13,26H,1-2H3,(H,27,28). The Kier molecular flexibility index (Phi) is 4.73. The van der Waals surface area contributed by atoms with Gasteiger partial charge in [-0.25, -0.2) is 13.4 Å². The minimum Gasteiger partial charge on any atom is -0.361 e. The van der Waals surface area contributed by atoms with E-state index < -0.39 is 9.84 Å². The van der Waals surface area contributed by atoms with Crippen molar-refractivity contribution in [2.45, 2.75) is 11.8 Å². The number of sulfone groups is 1. The van der Waals surface area contributed by atoms with Crippen molar-refractivity contribution >= 4 is 53.7 Å². The van der Waals surface area contributed by atoms with Crippen molar-refractivity contribution in [1.29, 1.82) is 5.26 Å². The van der Waals surface area contributed by atoms with E-state index in [4.69, 9.17) is 0 Å². The van der Waals surface area contributed by atoms with Gasteiger partial charge in [0.1, 0.15) is 10.9 Å². The summed E-state index contributed by atoms with van der Waals surface area (Å²) in [5.74, 6) is 0. The molecule has 5 rings (SSSR count). The number of aromatic nitrogens is 2. The molecule has 0 atom stereocenters. The molecule has 32 heavy (non-hydrogen) atoms. The Bertz CT molecular complexity index is 1660. The van der Waals surface area contributed by atoms with Gasteiger partial charge in [-0.3, -0.25) is 0 Å². The van der Waals surface area contributed by atoms with Crippen LogP contribution in [0.15, 0.2) is 65.8 Å². The summed E-state index contributed by atoms with van der Waals surface area (Å²) in [6.07, 6.45) is 4.67. The molecule has 0 unspecified atom stereocenters. The van der Waals surface area contributed by atoms with E-state index in [2.05, 4.69) is 21.4 Å². The van der Waals surface area contributed by atoms with E-state index in [1.54, 1.807) is 24.4 Å². The van der Waals surface area contributed by atoms with Gasteiger partial charge < -0.3 is 10.3 Å². The molecule has 3 aromatic heterocycles. The van der Waals surface area contributed by atoms with Crippen LogP contribution in [0.2, 0.25) is 0 Å². The van der Waals surface area contributed by atoms with E-state index in [0.29, 0.717) is 11.3 Å². The lowest BCUT2D eigenvalue weighted by Gasteiger charge is -2.12. The molecule has 0 radical (unpaired) electrons. The van der Waals surface area contributed by atoms with Gasteiger partial charge in [0.15, 0.2) is 9.84 Å². The number of hydrogen-bond donors (Lipinski definition) is 2. The van der Waals surface area contributed by atoms with E-state index in [9.17, 15) is 13.7 Å². The van der Waals surface area contributed by atoms with Gasteiger partial charge in [-0.2, -0.15) is 5.26 Å². The summed E-state index contributed by atoms with van der Waals surface area (Å²) in [4.78, 5) is 9.60. The van der Waals surface area contributed by atoms with Crippen molar-refractivity contribution in [3.8, 4) is 16.5 Å². The molecule has 0 aliphatic carbocycles. The van der Waals surface area contributed by atoms with Gasteiger partial charge in [0.2, 0.25) is 0 Å². The third kappa shape index (κ3) is 3.42. The normalized spacial score (nSPS) is 11.7. The first-order valence-corrected chi connectivity index (χ1v) is 12.5. The molecule has 0 fully saturated rings. The fourth-order valence-corrected chi connectivity index (χ4v) is 5.46. The Hall–Kier alpha value is -3.67. The average molecular weight is 459 g/mol. The number of aromatic amines is 1. The number of pyridine rings is 1. The van der Waals surface area contributed by atoms with Crippen LogP contribution >= 0.6 is 11.3 Å². The maximum Gasteiger partial charge on any atom is 0.175 e. The third-order valence-corrected chi connectivity index (χ3v) is 7.69. The van der Waals surface area contributed by atoms with Crippen LogP contribution in [0.25, 0.3) is 31.6 Å². The van der Waals surface area contributed by atoms with Gasteiger partial charge in [-0.15, -0.1) is 11.3 Å². The van der Waals surface area contributed by atoms with Gasteiger partial charge >= 0.3 is 0 Å². The second kappa shape index (κ2) is 7.48. The van der Waals surface area contributed by atoms with Crippen LogP contribution in [0.3, 0.4) is 0 Å². The molecule has 0 saturated heterocycles. The van der Waals surface area contributed by atoms with Crippen molar-refractivity contribution in [2.24, 2.45) is 0 Å². The molecule has 2 N–H and O–H groups in total. The number of nitriles is 1. The van der Waals surface area contributed by atoms with Gasteiger partial charge in [-0.05, 0) is 54.4 Å². The maximum absolute atomic E-state index is 12.0. The molecule has 158 valence electrons. The smallest absolute Gasteiger partial charge is 0.175 e. The quantitative estimate of drug-likeness (QED) is 0.356. The van der Waals surface area contributed by atoms with Gasteiger partial charge in [0.25, 0.3) is 0 Å². The van der Waals surface area contributed by atoms with Crippen LogP contribution in [0.5, 0.6) is 0 Å². The van der Waals surface area contributed by atoms with E-state index in [-0.39, 0.29) is 4.90 Å². The Morgan fingerprint density at radius 3 is 2.75 bits per heavy atom. The maximum atomic E-state index is 12.0. The average Bonchev–Trinajstić information content (AvgIpc) is 3.43. The van der Waals surface area contributed by atoms with E-state index in [0.717, 1.165) is 42.8 Å². The van der Waals surface area contributed by atoms with Gasteiger partial charge in [-0.1, -0.05) is 12.1 Å². The summed E-state index contributed by atoms with van der Waals surface area (Å²) in [6.45, 7) is 2.04. The summed E-state index contributed by atoms with van der Waals surface area (Å²) in [5, 5.41) is 15.1. The number of nitrogens with zero attached hydrogens (tertiary/aromatic N) is 2. The number of hydrogen-bond acceptors (Lipinski definition) is 6. The largest absolute Gasteiger partial charge is 0.361 e. The topological polar surface area (TPSA) is 98.6 Å². The molecule has 0 bridgehead atoms. The first-order chi connectivity index (χ1) is 15.3. The SMILES string of the molecule is Cc1c(Nc2c(C#N)cnc3sc(-c4cccc(S(C)(=O)=O)c4)cc23)ccc2[nH]ccc12. The lowest BCUT2D eigenvalue weighted by molar-refractivity contribution is 0.602. The molecule has 2 aromatic carbocycles. The van der Waals surface area contributed by atoms with Gasteiger partial charge in [0, 0.05) is 45.5 Å². The minimum absolute atomic E-state index is 0.270. The van der Waals surface area contributed by atoms with Crippen LogP contribution < -0.4 is 5.32 Å². The highest BCUT2D eigenvalue weighted by Gasteiger charge is 2.16. The van der Waals surface area contributed by atoms with Crippen molar-refractivity contribution in [1.82, 2.24) is 9.97 Å². The summed E-state index contributed by atoms with van der Waals surface area (Å²) in [7, 11) is -3.31. The molecule has 3 heterocycles. The predicted octanol–water partition coefficient (Wildman–Crippen LogP) is 5.77. The fourth-order valence-electron chi connectivity index (χ4n) is 3.78. The van der Waals surface area contributed by atoms with E-state index in [1.807, 2.05) is 43.5 Å². The first-order valence-electron chi connectivity index (χ1n) is 9.82. The summed E-state index contributed by atoms with van der Waals surface area (Å²) < 4.78 is 24.0. The Morgan fingerprint density at radius 1 is 1.12 bits per heavy atom. The lowest BCUT2D eigenvalue weighted by atomic mass is 10.1. The monoisotopic (exact) mass is 458 g/mol. The number of anilines is 2. The molecule has 0 saturated carbocycles. The molecule has 0 aliphatic heterocycles. The Morgan fingerprint density at radius 2 is 1.97 bits per heavy atom. The van der Waals surface area contributed by atoms with Crippen molar-refractivity contribution in [3.63, 3.8) is 0 Å². The number of aryl methyl sites for hydroxylation is 1. The first kappa shape index (κ1) is 20.2. The fraction of sp³-hybridized carbons (Fsp3) is 0.0833. The Balaban J connectivity index is 1.65. The molecular formula is C24H18N4O2S2. The number of thiophene rings is 1. The van der Waals surface area contributed by atoms with E-state index in [1.165, 1.54) is 17.6 Å². The zero-order chi connectivity index (χ0) is 22.5.